The van der Waals surface area contributed by atoms with Crippen LogP contribution in [0.1, 0.15) is 94.5 Å². The molecule has 10 nitrogen and oxygen atoms in total. The van der Waals surface area contributed by atoms with Crippen molar-refractivity contribution >= 4 is 113 Å². The third-order valence-corrected chi connectivity index (χ3v) is 23.7. The topological polar surface area (TPSA) is 122 Å². The minimum absolute atomic E-state index is 0.0645. The molecule has 4 aromatic heterocycles. The van der Waals surface area contributed by atoms with E-state index in [1.54, 1.807) is 0 Å². The molecule has 1 saturated heterocycles. The summed E-state index contributed by atoms with van der Waals surface area (Å²) in [6.07, 6.45) is 0. The third-order valence-electron chi connectivity index (χ3n) is 23.4. The summed E-state index contributed by atoms with van der Waals surface area (Å²) >= 11 is 11.6. The molecule has 16 aromatic carbocycles. The van der Waals surface area contributed by atoms with Gasteiger partial charge in [-0.3, -0.25) is 0 Å². The Labute approximate surface area is 748 Å². The Morgan fingerprint density at radius 3 is 0.701 bits per heavy atom. The standard InChI is InChI=1S/C67H45N3O.C32H31BO2.C15H7Cl2N3O/c1-7-21-46(22-8-1)61(47-23-9-2-10-24-47)63(50-29-15-5-16-30-50)52-35-39-54(40-36-52)65-68-66(70-67(69-65)56-43-44-58-57-33-19-20-34-59(57)71-60(58)45-56)55-41-37-53(38-42-55)64(51-31-17-6-18-32-51)62(48-25-11-3-12-26-48)49-27-13-4-14-28-49;1-31(2)32(3,4)35-33(34-31)28-22-20-27(21-23-28)30(26-18-12-7-13-19-26)29(24-14-8-5-9-15-24)25-16-10-6-11-17-25;16-14-18-13(19-15(17)20-14)8-5-6-10-9-3-1-2-4-11(9)21-12(10)7-8/h1-45H;5-23H,1-4H3;1-7H. The maximum atomic E-state index is 6.37. The lowest BCUT2D eigenvalue weighted by Crippen LogP contribution is -2.41. The average Bonchev–Trinajstić information content (AvgIpc) is 1.28. The normalized spacial score (nSPS) is 12.5. The van der Waals surface area contributed by atoms with Crippen LogP contribution in [0.25, 0.3) is 123 Å². The van der Waals surface area contributed by atoms with Crippen LogP contribution in [-0.2, 0) is 9.31 Å². The summed E-state index contributed by atoms with van der Waals surface area (Å²) in [6, 6.07) is 150. The third kappa shape index (κ3) is 17.5. The van der Waals surface area contributed by atoms with Gasteiger partial charge in [-0.1, -0.05) is 394 Å². The first-order valence-electron chi connectivity index (χ1n) is 42.3. The SMILES string of the molecule is CC1(C)OB(c2ccc(C(=C(c3ccccc3)c3ccccc3)c3ccccc3)cc2)OC1(C)C.Clc1nc(Cl)nc(-c2ccc3c(c2)oc2ccccc23)n1.c1ccc(C(=C(c2ccccc2)c2ccc(-c3nc(-c4ccc(C(=C(c5ccccc5)c5ccccc5)c5ccccc5)cc4)nc(-c4ccc5c(c4)oc4ccccc45)n3)cc2)c2ccccc2)cc1. The second kappa shape index (κ2) is 36.4. The molecule has 0 atom stereocenters. The lowest BCUT2D eigenvalue weighted by atomic mass is 9.77. The van der Waals surface area contributed by atoms with E-state index >= 15 is 0 Å². The molecule has 0 aliphatic carbocycles. The Balaban J connectivity index is 0.000000153. The van der Waals surface area contributed by atoms with E-state index in [2.05, 4.69) is 407 Å². The predicted octanol–water partition coefficient (Wildman–Crippen LogP) is 28.5. The fourth-order valence-corrected chi connectivity index (χ4v) is 16.8. The fourth-order valence-electron chi connectivity index (χ4n) is 16.5. The van der Waals surface area contributed by atoms with Crippen molar-refractivity contribution in [1.29, 1.82) is 0 Å². The highest BCUT2D eigenvalue weighted by atomic mass is 35.5. The maximum Gasteiger partial charge on any atom is 0.494 e. The smallest absolute Gasteiger partial charge is 0.456 e. The van der Waals surface area contributed by atoms with Gasteiger partial charge in [-0.2, -0.15) is 15.0 Å². The van der Waals surface area contributed by atoms with Crippen LogP contribution in [0.3, 0.4) is 0 Å². The molecule has 1 aliphatic rings. The molecule has 1 fully saturated rings. The van der Waals surface area contributed by atoms with Gasteiger partial charge in [0, 0.05) is 43.8 Å². The molecule has 13 heteroatoms. The molecule has 5 heterocycles. The van der Waals surface area contributed by atoms with Gasteiger partial charge in [-0.25, -0.2) is 15.0 Å². The van der Waals surface area contributed by atoms with Crippen LogP contribution in [0.5, 0.6) is 0 Å². The van der Waals surface area contributed by atoms with Gasteiger partial charge in [0.1, 0.15) is 22.3 Å². The van der Waals surface area contributed by atoms with Crippen molar-refractivity contribution in [3.05, 3.63) is 508 Å². The molecule has 0 unspecified atom stereocenters. The molecule has 0 bridgehead atoms. The lowest BCUT2D eigenvalue weighted by molar-refractivity contribution is 0.00578. The molecule has 0 radical (unpaired) electrons. The summed E-state index contributed by atoms with van der Waals surface area (Å²) in [5.41, 5.74) is 27.6. The Kier molecular flexibility index (Phi) is 23.4. The highest BCUT2D eigenvalue weighted by Crippen LogP contribution is 2.44. The van der Waals surface area contributed by atoms with E-state index in [-0.39, 0.29) is 28.9 Å². The molecule has 21 rings (SSSR count). The van der Waals surface area contributed by atoms with E-state index in [9.17, 15) is 0 Å². The zero-order valence-electron chi connectivity index (χ0n) is 70.1. The molecule has 127 heavy (non-hydrogen) atoms. The van der Waals surface area contributed by atoms with Crippen LogP contribution in [-0.4, -0.2) is 48.2 Å². The molecule has 0 saturated carbocycles. The molecule has 0 N–H and O–H groups in total. The van der Waals surface area contributed by atoms with Gasteiger partial charge in [0.15, 0.2) is 23.3 Å². The molecule has 1 aliphatic heterocycles. The van der Waals surface area contributed by atoms with Crippen LogP contribution < -0.4 is 5.46 Å². The summed E-state index contributed by atoms with van der Waals surface area (Å²) in [7, 11) is -0.374. The van der Waals surface area contributed by atoms with Crippen molar-refractivity contribution in [1.82, 2.24) is 29.9 Å². The number of hydrogen-bond acceptors (Lipinski definition) is 10. The lowest BCUT2D eigenvalue weighted by Gasteiger charge is -2.32. The number of para-hydroxylation sites is 2. The van der Waals surface area contributed by atoms with E-state index in [4.69, 9.17) is 56.3 Å². The van der Waals surface area contributed by atoms with Gasteiger partial charge in [0.25, 0.3) is 0 Å². The summed E-state index contributed by atoms with van der Waals surface area (Å²) in [4.78, 5) is 27.6. The van der Waals surface area contributed by atoms with E-state index in [0.29, 0.717) is 23.3 Å². The van der Waals surface area contributed by atoms with Crippen molar-refractivity contribution < 1.29 is 18.1 Å². The summed E-state index contributed by atoms with van der Waals surface area (Å²) < 4.78 is 24.8. The zero-order chi connectivity index (χ0) is 86.2. The number of nitrogens with zero attached hydrogens (tertiary/aromatic N) is 6. The van der Waals surface area contributed by atoms with Gasteiger partial charge in [-0.05, 0) is 193 Å². The molecule has 0 spiro atoms. The molecular formula is C114H83BCl2N6O4. The fraction of sp³-hybridized carbons (Fsp3) is 0.0526. The van der Waals surface area contributed by atoms with Gasteiger partial charge >= 0.3 is 7.12 Å². The Morgan fingerprint density at radius 1 is 0.213 bits per heavy atom. The quantitative estimate of drug-likeness (QED) is 0.0643. The first-order chi connectivity index (χ1) is 62.3. The number of hydrogen-bond donors (Lipinski definition) is 0. The van der Waals surface area contributed by atoms with Gasteiger partial charge < -0.3 is 18.1 Å². The first kappa shape index (κ1) is 81.6. The van der Waals surface area contributed by atoms with E-state index in [1.807, 2.05) is 66.7 Å². The monoisotopic (exact) mass is 1680 g/mol. The van der Waals surface area contributed by atoms with Gasteiger partial charge in [-0.15, -0.1) is 0 Å². The zero-order valence-corrected chi connectivity index (χ0v) is 71.7. The molecule has 610 valence electrons. The second-order valence-electron chi connectivity index (χ2n) is 32.0. The highest BCUT2D eigenvalue weighted by molar-refractivity contribution is 6.62. The van der Waals surface area contributed by atoms with Crippen LogP contribution >= 0.6 is 23.2 Å². The Morgan fingerprint density at radius 2 is 0.425 bits per heavy atom. The van der Waals surface area contributed by atoms with Crippen LogP contribution in [0, 0.1) is 0 Å². The average molecular weight is 1680 g/mol. The number of benzene rings is 16. The van der Waals surface area contributed by atoms with Crippen molar-refractivity contribution in [3.63, 3.8) is 0 Å². The van der Waals surface area contributed by atoms with E-state index in [0.717, 1.165) is 144 Å². The molecule has 0 amide bonds. The maximum absolute atomic E-state index is 6.37. The van der Waals surface area contributed by atoms with Crippen molar-refractivity contribution in [2.45, 2.75) is 38.9 Å². The summed E-state index contributed by atoms with van der Waals surface area (Å²) in [6.45, 7) is 8.35. The minimum atomic E-state index is -0.374. The van der Waals surface area contributed by atoms with Crippen LogP contribution in [0.4, 0.5) is 0 Å². The summed E-state index contributed by atoms with van der Waals surface area (Å²) in [5, 5.41) is 4.37. The predicted molar refractivity (Wildman–Crippen MR) is 521 cm³/mol. The Hall–Kier alpha value is -15.1. The highest BCUT2D eigenvalue weighted by Gasteiger charge is 2.51. The largest absolute Gasteiger partial charge is 0.494 e. The summed E-state index contributed by atoms with van der Waals surface area (Å²) in [5.74, 6) is 2.12. The first-order valence-corrected chi connectivity index (χ1v) is 43.1. The minimum Gasteiger partial charge on any atom is -0.456 e. The van der Waals surface area contributed by atoms with Crippen molar-refractivity contribution in [2.24, 2.45) is 0 Å². The molecule has 20 aromatic rings. The number of fused-ring (bicyclic) bond motifs is 6. The van der Waals surface area contributed by atoms with E-state index in [1.165, 1.54) is 27.8 Å². The Bertz CT molecular complexity index is 7040. The van der Waals surface area contributed by atoms with Crippen LogP contribution in [0.2, 0.25) is 10.6 Å². The number of aromatic nitrogens is 6. The number of rotatable bonds is 17. The number of furan rings is 2. The van der Waals surface area contributed by atoms with Gasteiger partial charge in [0.2, 0.25) is 10.6 Å². The van der Waals surface area contributed by atoms with E-state index < -0.39 is 0 Å². The second-order valence-corrected chi connectivity index (χ2v) is 32.7. The van der Waals surface area contributed by atoms with Crippen molar-refractivity contribution in [3.8, 4) is 45.6 Å². The van der Waals surface area contributed by atoms with Crippen molar-refractivity contribution in [2.75, 3.05) is 0 Å². The number of halogens is 2. The molecular weight excluding hydrogens is 1600 g/mol. The van der Waals surface area contributed by atoms with Gasteiger partial charge in [0.05, 0.1) is 11.2 Å². The van der Waals surface area contributed by atoms with Crippen LogP contribution in [0.15, 0.2) is 440 Å².